The molecule has 3 rings (SSSR count). The average molecular weight is 295 g/mol. The SMILES string of the molecule is O=C1OC(c2cccc([N+](=O)[O-])c2)=N/C1=C/c1ccncc1. The van der Waals surface area contributed by atoms with E-state index in [1.54, 1.807) is 36.7 Å². The predicted molar refractivity (Wildman–Crippen MR) is 77.9 cm³/mol. The maximum absolute atomic E-state index is 11.8. The molecule has 0 unspecified atom stereocenters. The standard InChI is InChI=1S/C15H9N3O4/c19-15-13(8-10-4-6-16-7-5-10)17-14(22-15)11-2-1-3-12(9-11)18(20)21/h1-9H/b13-8+. The molecule has 0 saturated heterocycles. The number of rotatable bonds is 3. The maximum Gasteiger partial charge on any atom is 0.363 e. The van der Waals surface area contributed by atoms with Gasteiger partial charge >= 0.3 is 5.97 Å². The molecule has 0 spiro atoms. The van der Waals surface area contributed by atoms with Crippen molar-refractivity contribution in [3.05, 3.63) is 75.7 Å². The summed E-state index contributed by atoms with van der Waals surface area (Å²) in [6.45, 7) is 0. The number of carbonyl (C=O) groups is 1. The van der Waals surface area contributed by atoms with Crippen molar-refractivity contribution in [1.29, 1.82) is 0 Å². The zero-order valence-electron chi connectivity index (χ0n) is 11.2. The van der Waals surface area contributed by atoms with Crippen LogP contribution in [0.15, 0.2) is 59.5 Å². The van der Waals surface area contributed by atoms with Crippen LogP contribution in [0, 0.1) is 10.1 Å². The van der Waals surface area contributed by atoms with Gasteiger partial charge < -0.3 is 4.74 Å². The van der Waals surface area contributed by atoms with Crippen LogP contribution in [0.5, 0.6) is 0 Å². The minimum atomic E-state index is -0.599. The van der Waals surface area contributed by atoms with Gasteiger partial charge in [0.2, 0.25) is 5.90 Å². The monoisotopic (exact) mass is 295 g/mol. The van der Waals surface area contributed by atoms with E-state index >= 15 is 0 Å². The Labute approximate surface area is 124 Å². The van der Waals surface area contributed by atoms with Crippen molar-refractivity contribution in [2.24, 2.45) is 4.99 Å². The second-order valence-corrected chi connectivity index (χ2v) is 4.42. The molecular weight excluding hydrogens is 286 g/mol. The second-order valence-electron chi connectivity index (χ2n) is 4.42. The highest BCUT2D eigenvalue weighted by atomic mass is 16.6. The van der Waals surface area contributed by atoms with Gasteiger partial charge in [0, 0.05) is 30.1 Å². The maximum atomic E-state index is 11.8. The molecule has 1 aromatic heterocycles. The van der Waals surface area contributed by atoms with Crippen molar-refractivity contribution in [3.63, 3.8) is 0 Å². The molecule has 1 aliphatic heterocycles. The Morgan fingerprint density at radius 2 is 1.95 bits per heavy atom. The number of hydrogen-bond acceptors (Lipinski definition) is 6. The van der Waals surface area contributed by atoms with Gasteiger partial charge in [-0.25, -0.2) is 9.79 Å². The Bertz CT molecular complexity index is 813. The third kappa shape index (κ3) is 2.73. The van der Waals surface area contributed by atoms with E-state index in [0.717, 1.165) is 5.56 Å². The molecule has 0 amide bonds. The topological polar surface area (TPSA) is 94.7 Å². The summed E-state index contributed by atoms with van der Waals surface area (Å²) in [7, 11) is 0. The molecule has 0 radical (unpaired) electrons. The first-order chi connectivity index (χ1) is 10.6. The highest BCUT2D eigenvalue weighted by Crippen LogP contribution is 2.21. The Morgan fingerprint density at radius 3 is 2.68 bits per heavy atom. The fourth-order valence-corrected chi connectivity index (χ4v) is 1.90. The molecule has 0 fully saturated rings. The van der Waals surface area contributed by atoms with E-state index in [0.29, 0.717) is 5.56 Å². The number of pyridine rings is 1. The Balaban J connectivity index is 1.95. The molecular formula is C15H9N3O4. The predicted octanol–water partition coefficient (Wildman–Crippen LogP) is 2.33. The Morgan fingerprint density at radius 1 is 1.18 bits per heavy atom. The number of hydrogen-bond donors (Lipinski definition) is 0. The number of nitrogens with zero attached hydrogens (tertiary/aromatic N) is 3. The second kappa shape index (κ2) is 5.57. The number of benzene rings is 1. The summed E-state index contributed by atoms with van der Waals surface area (Å²) in [5.41, 5.74) is 1.17. The number of non-ortho nitro benzene ring substituents is 1. The van der Waals surface area contributed by atoms with Gasteiger partial charge in [0.25, 0.3) is 5.69 Å². The zero-order chi connectivity index (χ0) is 15.5. The van der Waals surface area contributed by atoms with E-state index in [9.17, 15) is 14.9 Å². The molecule has 108 valence electrons. The van der Waals surface area contributed by atoms with Gasteiger partial charge in [0.05, 0.1) is 4.92 Å². The van der Waals surface area contributed by atoms with Crippen LogP contribution in [-0.4, -0.2) is 21.8 Å². The average Bonchev–Trinajstić information content (AvgIpc) is 2.89. The first-order valence-electron chi connectivity index (χ1n) is 6.31. The van der Waals surface area contributed by atoms with E-state index < -0.39 is 10.9 Å². The van der Waals surface area contributed by atoms with E-state index in [1.807, 2.05) is 0 Å². The van der Waals surface area contributed by atoms with Gasteiger partial charge in [-0.15, -0.1) is 0 Å². The van der Waals surface area contributed by atoms with Gasteiger partial charge in [-0.3, -0.25) is 15.1 Å². The fraction of sp³-hybridized carbons (Fsp3) is 0. The van der Waals surface area contributed by atoms with Crippen LogP contribution >= 0.6 is 0 Å². The molecule has 22 heavy (non-hydrogen) atoms. The Kier molecular flexibility index (Phi) is 3.45. The van der Waals surface area contributed by atoms with Crippen molar-refractivity contribution < 1.29 is 14.5 Å². The third-order valence-corrected chi connectivity index (χ3v) is 2.93. The van der Waals surface area contributed by atoms with Gasteiger partial charge in [-0.05, 0) is 29.8 Å². The van der Waals surface area contributed by atoms with Gasteiger partial charge in [0.1, 0.15) is 0 Å². The lowest BCUT2D eigenvalue weighted by atomic mass is 10.2. The summed E-state index contributed by atoms with van der Waals surface area (Å²) in [6, 6.07) is 9.21. The Hall–Kier alpha value is -3.35. The van der Waals surface area contributed by atoms with Crippen LogP contribution in [0.4, 0.5) is 5.69 Å². The molecule has 0 atom stereocenters. The number of nitro groups is 1. The summed E-state index contributed by atoms with van der Waals surface area (Å²) in [6.07, 6.45) is 4.75. The van der Waals surface area contributed by atoms with Crippen molar-refractivity contribution in [1.82, 2.24) is 4.98 Å². The van der Waals surface area contributed by atoms with Crippen molar-refractivity contribution in [3.8, 4) is 0 Å². The molecule has 0 bridgehead atoms. The minimum absolute atomic E-state index is 0.0500. The first kappa shape index (κ1) is 13.6. The number of nitro benzene ring substituents is 1. The van der Waals surface area contributed by atoms with Crippen LogP contribution in [0.25, 0.3) is 6.08 Å². The van der Waals surface area contributed by atoms with Crippen LogP contribution in [0.3, 0.4) is 0 Å². The van der Waals surface area contributed by atoms with Gasteiger partial charge in [-0.2, -0.15) is 0 Å². The lowest BCUT2D eigenvalue weighted by Gasteiger charge is -1.98. The number of aliphatic imine (C=N–C) groups is 1. The molecule has 1 aliphatic rings. The van der Waals surface area contributed by atoms with E-state index in [-0.39, 0.29) is 17.3 Å². The van der Waals surface area contributed by atoms with Crippen LogP contribution in [-0.2, 0) is 9.53 Å². The highest BCUT2D eigenvalue weighted by molar-refractivity contribution is 6.13. The quantitative estimate of drug-likeness (QED) is 0.375. The fourth-order valence-electron chi connectivity index (χ4n) is 1.90. The number of esters is 1. The minimum Gasteiger partial charge on any atom is -0.402 e. The molecule has 1 aromatic carbocycles. The summed E-state index contributed by atoms with van der Waals surface area (Å²) in [5.74, 6) is -0.549. The molecule has 7 nitrogen and oxygen atoms in total. The molecule has 0 N–H and O–H groups in total. The number of ether oxygens (including phenoxy) is 1. The molecule has 0 saturated carbocycles. The first-order valence-corrected chi connectivity index (χ1v) is 6.31. The summed E-state index contributed by atoms with van der Waals surface area (Å²) in [4.78, 5) is 30.1. The summed E-state index contributed by atoms with van der Waals surface area (Å²) >= 11 is 0. The molecule has 7 heteroatoms. The number of carbonyl (C=O) groups excluding carboxylic acids is 1. The summed E-state index contributed by atoms with van der Waals surface area (Å²) < 4.78 is 5.07. The largest absolute Gasteiger partial charge is 0.402 e. The lowest BCUT2D eigenvalue weighted by molar-refractivity contribution is -0.384. The highest BCUT2D eigenvalue weighted by Gasteiger charge is 2.25. The molecule has 2 heterocycles. The van der Waals surface area contributed by atoms with Crippen LogP contribution < -0.4 is 0 Å². The van der Waals surface area contributed by atoms with Crippen molar-refractivity contribution in [2.45, 2.75) is 0 Å². The van der Waals surface area contributed by atoms with Crippen LogP contribution in [0.2, 0.25) is 0 Å². The van der Waals surface area contributed by atoms with Gasteiger partial charge in [-0.1, -0.05) is 6.07 Å². The third-order valence-electron chi connectivity index (χ3n) is 2.93. The van der Waals surface area contributed by atoms with E-state index in [2.05, 4.69) is 9.98 Å². The molecule has 2 aromatic rings. The normalized spacial score (nSPS) is 15.5. The summed E-state index contributed by atoms with van der Waals surface area (Å²) in [5, 5.41) is 10.8. The zero-order valence-corrected chi connectivity index (χ0v) is 11.2. The lowest BCUT2D eigenvalue weighted by Crippen LogP contribution is -2.05. The van der Waals surface area contributed by atoms with Crippen molar-refractivity contribution >= 4 is 23.6 Å². The smallest absolute Gasteiger partial charge is 0.363 e. The van der Waals surface area contributed by atoms with Crippen LogP contribution in [0.1, 0.15) is 11.1 Å². The number of cyclic esters (lactones) is 1. The number of aromatic nitrogens is 1. The van der Waals surface area contributed by atoms with Crippen molar-refractivity contribution in [2.75, 3.05) is 0 Å². The molecule has 0 aliphatic carbocycles. The van der Waals surface area contributed by atoms with E-state index in [4.69, 9.17) is 4.74 Å². The van der Waals surface area contributed by atoms with E-state index in [1.165, 1.54) is 18.2 Å². The van der Waals surface area contributed by atoms with Gasteiger partial charge in [0.15, 0.2) is 5.70 Å².